The van der Waals surface area contributed by atoms with Gasteiger partial charge in [0.2, 0.25) is 11.8 Å². The van der Waals surface area contributed by atoms with Crippen LogP contribution in [0.2, 0.25) is 5.02 Å². The topological polar surface area (TPSA) is 68.0 Å². The second-order valence-corrected chi connectivity index (χ2v) is 7.71. The van der Waals surface area contributed by atoms with E-state index in [0.29, 0.717) is 22.7 Å². The molecule has 1 aromatic heterocycles. The first-order valence-electron chi connectivity index (χ1n) is 7.87. The van der Waals surface area contributed by atoms with Crippen molar-refractivity contribution in [3.63, 3.8) is 0 Å². The molecule has 0 saturated heterocycles. The van der Waals surface area contributed by atoms with Crippen LogP contribution in [-0.4, -0.2) is 34.2 Å². The van der Waals surface area contributed by atoms with E-state index in [2.05, 4.69) is 27.6 Å². The second-order valence-electron chi connectivity index (χ2n) is 5.18. The molecule has 26 heavy (non-hydrogen) atoms. The lowest BCUT2D eigenvalue weighted by Gasteiger charge is -2.04. The fourth-order valence-electron chi connectivity index (χ4n) is 2.06. The Balaban J connectivity index is 1.39. The molecular weight excluding hydrogens is 390 g/mol. The van der Waals surface area contributed by atoms with Gasteiger partial charge in [-0.25, -0.2) is 0 Å². The maximum Gasteiger partial charge on any atom is 0.277 e. The molecule has 2 aromatic carbocycles. The lowest BCUT2D eigenvalue weighted by molar-refractivity contribution is -0.118. The number of amides is 1. The average molecular weight is 406 g/mol. The minimum atomic E-state index is -0.0637. The van der Waals surface area contributed by atoms with Gasteiger partial charge in [0.1, 0.15) is 0 Å². The number of aromatic nitrogens is 2. The minimum absolute atomic E-state index is 0.0637. The van der Waals surface area contributed by atoms with Crippen molar-refractivity contribution in [1.82, 2.24) is 15.5 Å². The first-order valence-corrected chi connectivity index (χ1v) is 10.2. The van der Waals surface area contributed by atoms with E-state index in [4.69, 9.17) is 16.0 Å². The second kappa shape index (κ2) is 9.66. The minimum Gasteiger partial charge on any atom is -0.411 e. The van der Waals surface area contributed by atoms with Crippen molar-refractivity contribution >= 4 is 41.0 Å². The summed E-state index contributed by atoms with van der Waals surface area (Å²) in [4.78, 5) is 13.1. The van der Waals surface area contributed by atoms with E-state index in [0.717, 1.165) is 11.3 Å². The average Bonchev–Trinajstić information content (AvgIpc) is 3.14. The monoisotopic (exact) mass is 405 g/mol. The molecule has 134 valence electrons. The van der Waals surface area contributed by atoms with Gasteiger partial charge in [0.15, 0.2) is 0 Å². The number of rotatable bonds is 8. The lowest BCUT2D eigenvalue weighted by Crippen LogP contribution is -2.27. The Bertz CT molecular complexity index is 858. The molecule has 0 atom stereocenters. The molecule has 1 N–H and O–H groups in total. The zero-order valence-corrected chi connectivity index (χ0v) is 16.1. The Morgan fingerprint density at radius 2 is 1.92 bits per heavy atom. The van der Waals surface area contributed by atoms with Crippen LogP contribution in [0.3, 0.4) is 0 Å². The fraction of sp³-hybridized carbons (Fsp3) is 0.167. The first-order chi connectivity index (χ1) is 12.7. The van der Waals surface area contributed by atoms with Gasteiger partial charge < -0.3 is 9.73 Å². The van der Waals surface area contributed by atoms with E-state index in [1.165, 1.54) is 16.7 Å². The fourth-order valence-corrected chi connectivity index (χ4v) is 3.63. The number of thioether (sulfide) groups is 2. The predicted octanol–water partition coefficient (Wildman–Crippen LogP) is 4.39. The molecule has 0 saturated carbocycles. The summed E-state index contributed by atoms with van der Waals surface area (Å²) in [6.07, 6.45) is 0. The predicted molar refractivity (Wildman–Crippen MR) is 106 cm³/mol. The van der Waals surface area contributed by atoms with Crippen LogP contribution >= 0.6 is 35.1 Å². The van der Waals surface area contributed by atoms with Crippen LogP contribution in [0.25, 0.3) is 11.5 Å². The Hall–Kier alpha value is -1.96. The number of nitrogens with zero attached hydrogens (tertiary/aromatic N) is 2. The number of benzene rings is 2. The van der Waals surface area contributed by atoms with Crippen LogP contribution in [0.5, 0.6) is 0 Å². The zero-order valence-electron chi connectivity index (χ0n) is 13.7. The lowest BCUT2D eigenvalue weighted by atomic mass is 10.2. The highest BCUT2D eigenvalue weighted by Gasteiger charge is 2.11. The van der Waals surface area contributed by atoms with Crippen molar-refractivity contribution in [3.8, 4) is 11.5 Å². The molecule has 3 aromatic rings. The van der Waals surface area contributed by atoms with Crippen LogP contribution in [0, 0.1) is 0 Å². The number of hydrogen-bond donors (Lipinski definition) is 1. The maximum absolute atomic E-state index is 11.9. The van der Waals surface area contributed by atoms with Crippen molar-refractivity contribution in [1.29, 1.82) is 0 Å². The summed E-state index contributed by atoms with van der Waals surface area (Å²) in [7, 11) is 0. The smallest absolute Gasteiger partial charge is 0.277 e. The summed E-state index contributed by atoms with van der Waals surface area (Å²) < 4.78 is 5.56. The maximum atomic E-state index is 11.9. The molecule has 0 unspecified atom stereocenters. The van der Waals surface area contributed by atoms with E-state index in [1.807, 2.05) is 30.3 Å². The summed E-state index contributed by atoms with van der Waals surface area (Å²) >= 11 is 8.87. The normalized spacial score (nSPS) is 10.7. The Morgan fingerprint density at radius 3 is 2.73 bits per heavy atom. The molecule has 1 amide bonds. The van der Waals surface area contributed by atoms with Crippen LogP contribution < -0.4 is 5.32 Å². The Labute approximate surface area is 164 Å². The molecule has 5 nitrogen and oxygen atoms in total. The summed E-state index contributed by atoms with van der Waals surface area (Å²) in [5, 5.41) is 11.8. The highest BCUT2D eigenvalue weighted by atomic mass is 35.5. The summed E-state index contributed by atoms with van der Waals surface area (Å²) in [5.41, 5.74) is 0.749. The van der Waals surface area contributed by atoms with Gasteiger partial charge in [-0.2, -0.15) is 0 Å². The van der Waals surface area contributed by atoms with Gasteiger partial charge in [0.25, 0.3) is 5.22 Å². The summed E-state index contributed by atoms with van der Waals surface area (Å²) in [6.45, 7) is 0.608. The number of hydrogen-bond acceptors (Lipinski definition) is 6. The van der Waals surface area contributed by atoms with Gasteiger partial charge >= 0.3 is 0 Å². The quantitative estimate of drug-likeness (QED) is 0.442. The van der Waals surface area contributed by atoms with Crippen LogP contribution in [0.1, 0.15) is 0 Å². The van der Waals surface area contributed by atoms with Gasteiger partial charge in [0.05, 0.1) is 5.75 Å². The SMILES string of the molecule is O=C(CSc1nnc(-c2cccc(Cl)c2)o1)NCCSc1ccccc1. The Morgan fingerprint density at radius 1 is 1.08 bits per heavy atom. The molecule has 0 spiro atoms. The molecule has 8 heteroatoms. The van der Waals surface area contributed by atoms with Crippen LogP contribution in [0.4, 0.5) is 0 Å². The third-order valence-electron chi connectivity index (χ3n) is 3.24. The highest BCUT2D eigenvalue weighted by Crippen LogP contribution is 2.25. The molecule has 3 rings (SSSR count). The van der Waals surface area contributed by atoms with E-state index in [1.54, 1.807) is 23.9 Å². The molecule has 0 aliphatic heterocycles. The van der Waals surface area contributed by atoms with Crippen molar-refractivity contribution in [2.75, 3.05) is 18.1 Å². The molecular formula is C18H16ClN3O2S2. The number of halogens is 1. The van der Waals surface area contributed by atoms with Crippen LogP contribution in [0.15, 0.2) is 69.1 Å². The van der Waals surface area contributed by atoms with Crippen molar-refractivity contribution < 1.29 is 9.21 Å². The van der Waals surface area contributed by atoms with E-state index in [9.17, 15) is 4.79 Å². The van der Waals surface area contributed by atoms with Gasteiger partial charge in [-0.1, -0.05) is 47.6 Å². The van der Waals surface area contributed by atoms with Crippen molar-refractivity contribution in [2.45, 2.75) is 10.1 Å². The van der Waals surface area contributed by atoms with Crippen molar-refractivity contribution in [2.24, 2.45) is 0 Å². The van der Waals surface area contributed by atoms with E-state index >= 15 is 0 Å². The standard InChI is InChI=1S/C18H16ClN3O2S2/c19-14-6-4-5-13(11-14)17-21-22-18(24-17)26-12-16(23)20-9-10-25-15-7-2-1-3-8-15/h1-8,11H,9-10,12H2,(H,20,23). The third kappa shape index (κ3) is 5.79. The molecule has 1 heterocycles. The summed E-state index contributed by atoms with van der Waals surface area (Å²) in [6, 6.07) is 17.3. The van der Waals surface area contributed by atoms with Crippen LogP contribution in [-0.2, 0) is 4.79 Å². The Kier molecular flexibility index (Phi) is 6.99. The van der Waals surface area contributed by atoms with Gasteiger partial charge in [-0.3, -0.25) is 4.79 Å². The zero-order chi connectivity index (χ0) is 18.2. The molecule has 0 aliphatic carbocycles. The summed E-state index contributed by atoms with van der Waals surface area (Å²) in [5.74, 6) is 1.37. The molecule has 0 bridgehead atoms. The number of nitrogens with one attached hydrogen (secondary N) is 1. The molecule has 0 fully saturated rings. The number of carbonyl (C=O) groups excluding carboxylic acids is 1. The van der Waals surface area contributed by atoms with E-state index in [-0.39, 0.29) is 11.7 Å². The highest BCUT2D eigenvalue weighted by molar-refractivity contribution is 7.99. The largest absolute Gasteiger partial charge is 0.411 e. The van der Waals surface area contributed by atoms with Gasteiger partial charge in [-0.05, 0) is 30.3 Å². The van der Waals surface area contributed by atoms with Gasteiger partial charge in [-0.15, -0.1) is 22.0 Å². The van der Waals surface area contributed by atoms with E-state index < -0.39 is 0 Å². The molecule has 0 aliphatic rings. The van der Waals surface area contributed by atoms with Gasteiger partial charge in [0, 0.05) is 27.8 Å². The number of carbonyl (C=O) groups is 1. The van der Waals surface area contributed by atoms with Crippen molar-refractivity contribution in [3.05, 3.63) is 59.6 Å². The molecule has 0 radical (unpaired) electrons. The first kappa shape index (κ1) is 18.8. The third-order valence-corrected chi connectivity index (χ3v) is 5.31.